The highest BCUT2D eigenvalue weighted by molar-refractivity contribution is 6.02. The van der Waals surface area contributed by atoms with Crippen LogP contribution < -0.4 is 5.32 Å². The Balaban J connectivity index is 2.91. The number of amides is 1. The summed E-state index contributed by atoms with van der Waals surface area (Å²) in [4.78, 5) is 22.8. The summed E-state index contributed by atoms with van der Waals surface area (Å²) >= 11 is 0. The van der Waals surface area contributed by atoms with E-state index >= 15 is 0 Å². The van der Waals surface area contributed by atoms with Crippen LogP contribution in [0.25, 0.3) is 0 Å². The number of hydrogen-bond acceptors (Lipinski definition) is 2. The number of carbonyl (C=O) groups is 2. The lowest BCUT2D eigenvalue weighted by molar-refractivity contribution is -0.131. The van der Waals surface area contributed by atoms with Gasteiger partial charge in [-0.05, 0) is 20.8 Å². The van der Waals surface area contributed by atoms with Crippen LogP contribution in [0.5, 0.6) is 0 Å². The Bertz CT molecular complexity index is 342. The molecule has 0 saturated carbocycles. The van der Waals surface area contributed by atoms with Gasteiger partial charge in [0.2, 0.25) is 5.91 Å². The lowest BCUT2D eigenvalue weighted by atomic mass is 9.86. The molecule has 82 valence electrons. The average Bonchev–Trinajstić information content (AvgIpc) is 2.45. The second-order valence-electron chi connectivity index (χ2n) is 4.17. The number of carbonyl (C=O) groups excluding carboxylic acids is 2. The maximum atomic E-state index is 11.4. The molecule has 1 N–H and O–H groups in total. The van der Waals surface area contributed by atoms with E-state index in [1.165, 1.54) is 6.92 Å². The molecule has 3 nitrogen and oxygen atoms in total. The van der Waals surface area contributed by atoms with Crippen molar-refractivity contribution in [2.45, 2.75) is 20.8 Å². The maximum Gasteiger partial charge on any atom is 0.231 e. The first-order valence-corrected chi connectivity index (χ1v) is 5.05. The number of hydrogen-bond donors (Lipinski definition) is 1. The van der Waals surface area contributed by atoms with Crippen molar-refractivity contribution in [1.29, 1.82) is 0 Å². The Morgan fingerprint density at radius 3 is 2.53 bits per heavy atom. The Kier molecular flexibility index (Phi) is 3.45. The summed E-state index contributed by atoms with van der Waals surface area (Å²) in [5, 5.41) is 2.72. The minimum absolute atomic E-state index is 0.00769. The molecule has 0 spiro atoms. The van der Waals surface area contributed by atoms with E-state index in [-0.39, 0.29) is 17.6 Å². The molecule has 1 fully saturated rings. The molecule has 0 aromatic carbocycles. The van der Waals surface area contributed by atoms with Crippen molar-refractivity contribution >= 4 is 11.7 Å². The summed E-state index contributed by atoms with van der Waals surface area (Å²) in [5.74, 6) is -0.737. The van der Waals surface area contributed by atoms with Gasteiger partial charge in [-0.25, -0.2) is 0 Å². The predicted octanol–water partition coefficient (Wildman–Crippen LogP) is 1.46. The van der Waals surface area contributed by atoms with Gasteiger partial charge in [-0.1, -0.05) is 23.8 Å². The van der Waals surface area contributed by atoms with Gasteiger partial charge in [0.1, 0.15) is 11.7 Å². The Morgan fingerprint density at radius 2 is 2.07 bits per heavy atom. The van der Waals surface area contributed by atoms with Crippen molar-refractivity contribution in [2.75, 3.05) is 6.54 Å². The highest BCUT2D eigenvalue weighted by Gasteiger charge is 2.38. The van der Waals surface area contributed by atoms with E-state index in [2.05, 4.69) is 11.9 Å². The third kappa shape index (κ3) is 2.55. The molecule has 0 aliphatic carbocycles. The summed E-state index contributed by atoms with van der Waals surface area (Å²) in [5.41, 5.74) is 1.98. The van der Waals surface area contributed by atoms with Crippen LogP contribution in [0.4, 0.5) is 0 Å². The van der Waals surface area contributed by atoms with Gasteiger partial charge >= 0.3 is 0 Å². The minimum atomic E-state index is -0.513. The summed E-state index contributed by atoms with van der Waals surface area (Å²) in [7, 11) is 0. The summed E-state index contributed by atoms with van der Waals surface area (Å²) in [6.45, 7) is 9.65. The molecule has 3 heteroatoms. The van der Waals surface area contributed by atoms with Gasteiger partial charge < -0.3 is 5.32 Å². The largest absolute Gasteiger partial charge is 0.355 e. The zero-order valence-corrected chi connectivity index (χ0v) is 9.46. The van der Waals surface area contributed by atoms with Crippen LogP contribution in [0.15, 0.2) is 23.8 Å². The smallest absolute Gasteiger partial charge is 0.231 e. The van der Waals surface area contributed by atoms with E-state index in [1.54, 1.807) is 0 Å². The highest BCUT2D eigenvalue weighted by atomic mass is 16.2. The van der Waals surface area contributed by atoms with Crippen LogP contribution in [-0.4, -0.2) is 18.2 Å². The monoisotopic (exact) mass is 207 g/mol. The number of nitrogens with one attached hydrogen (secondary N) is 1. The molecular weight excluding hydrogens is 190 g/mol. The van der Waals surface area contributed by atoms with Crippen LogP contribution in [0.1, 0.15) is 20.8 Å². The molecule has 1 amide bonds. The zero-order chi connectivity index (χ0) is 11.6. The predicted molar refractivity (Wildman–Crippen MR) is 59.2 cm³/mol. The van der Waals surface area contributed by atoms with Gasteiger partial charge in [0, 0.05) is 12.5 Å². The molecule has 15 heavy (non-hydrogen) atoms. The van der Waals surface area contributed by atoms with Crippen LogP contribution in [0.3, 0.4) is 0 Å². The van der Waals surface area contributed by atoms with Crippen molar-refractivity contribution in [1.82, 2.24) is 5.32 Å². The van der Waals surface area contributed by atoms with Gasteiger partial charge in [-0.3, -0.25) is 9.59 Å². The van der Waals surface area contributed by atoms with Crippen molar-refractivity contribution in [3.05, 3.63) is 23.8 Å². The molecular formula is C12H17NO2. The summed E-state index contributed by atoms with van der Waals surface area (Å²) in [6, 6.07) is 0. The van der Waals surface area contributed by atoms with Crippen molar-refractivity contribution in [2.24, 2.45) is 11.8 Å². The number of rotatable bonds is 3. The average molecular weight is 207 g/mol. The standard InChI is InChI=1S/C12H17NO2/c1-7(2)5-8(3)10-6-13-12(15)11(10)9(4)14/h5,10-11H,1,6H2,2-4H3,(H,13,15)/b8-5+/t10-,11?/m1/s1. The van der Waals surface area contributed by atoms with Crippen molar-refractivity contribution < 1.29 is 9.59 Å². The first kappa shape index (κ1) is 11.7. The third-order valence-electron chi connectivity index (χ3n) is 2.68. The first-order valence-electron chi connectivity index (χ1n) is 5.05. The topological polar surface area (TPSA) is 46.2 Å². The van der Waals surface area contributed by atoms with Gasteiger partial charge in [0.15, 0.2) is 0 Å². The van der Waals surface area contributed by atoms with Crippen LogP contribution in [0, 0.1) is 11.8 Å². The summed E-state index contributed by atoms with van der Waals surface area (Å²) in [6.07, 6.45) is 1.93. The van der Waals surface area contributed by atoms with E-state index in [4.69, 9.17) is 0 Å². The lowest BCUT2D eigenvalue weighted by Gasteiger charge is -2.14. The molecule has 0 aromatic rings. The van der Waals surface area contributed by atoms with E-state index < -0.39 is 5.92 Å². The molecule has 2 atom stereocenters. The molecule has 1 aliphatic rings. The molecule has 1 aliphatic heterocycles. The third-order valence-corrected chi connectivity index (χ3v) is 2.68. The van der Waals surface area contributed by atoms with Gasteiger partial charge in [-0.15, -0.1) is 0 Å². The van der Waals surface area contributed by atoms with Gasteiger partial charge in [0.25, 0.3) is 0 Å². The SMILES string of the molecule is C=C(C)/C=C(\C)[C@H]1CNC(=O)C1C(C)=O. The fraction of sp³-hybridized carbons (Fsp3) is 0.500. The van der Waals surface area contributed by atoms with Crippen LogP contribution >= 0.6 is 0 Å². The molecule has 1 unspecified atom stereocenters. The van der Waals surface area contributed by atoms with Crippen molar-refractivity contribution in [3.8, 4) is 0 Å². The highest BCUT2D eigenvalue weighted by Crippen LogP contribution is 2.26. The quantitative estimate of drug-likeness (QED) is 0.562. The number of allylic oxidation sites excluding steroid dienone is 2. The minimum Gasteiger partial charge on any atom is -0.355 e. The Morgan fingerprint density at radius 1 is 1.47 bits per heavy atom. The molecule has 0 radical (unpaired) electrons. The zero-order valence-electron chi connectivity index (χ0n) is 9.46. The summed E-state index contributed by atoms with van der Waals surface area (Å²) < 4.78 is 0. The Labute approximate surface area is 90.2 Å². The number of Topliss-reactive ketones (excluding diaryl/α,β-unsaturated/α-hetero) is 1. The fourth-order valence-corrected chi connectivity index (χ4v) is 2.01. The van der Waals surface area contributed by atoms with Crippen LogP contribution in [0.2, 0.25) is 0 Å². The maximum absolute atomic E-state index is 11.4. The van der Waals surface area contributed by atoms with E-state index in [9.17, 15) is 9.59 Å². The van der Waals surface area contributed by atoms with E-state index in [1.807, 2.05) is 19.9 Å². The normalized spacial score (nSPS) is 26.3. The second-order valence-corrected chi connectivity index (χ2v) is 4.17. The Hall–Kier alpha value is -1.38. The van der Waals surface area contributed by atoms with E-state index in [0.29, 0.717) is 6.54 Å². The van der Waals surface area contributed by atoms with E-state index in [0.717, 1.165) is 11.1 Å². The van der Waals surface area contributed by atoms with Crippen molar-refractivity contribution in [3.63, 3.8) is 0 Å². The fourth-order valence-electron chi connectivity index (χ4n) is 2.01. The lowest BCUT2D eigenvalue weighted by Crippen LogP contribution is -2.26. The molecule has 0 aromatic heterocycles. The molecule has 1 heterocycles. The van der Waals surface area contributed by atoms with Crippen LogP contribution in [-0.2, 0) is 9.59 Å². The molecule has 1 saturated heterocycles. The second kappa shape index (κ2) is 4.43. The molecule has 1 rings (SSSR count). The number of ketones is 1. The van der Waals surface area contributed by atoms with Gasteiger partial charge in [-0.2, -0.15) is 0 Å². The van der Waals surface area contributed by atoms with Gasteiger partial charge in [0.05, 0.1) is 0 Å². The first-order chi connectivity index (χ1) is 6.93. The molecule has 0 bridgehead atoms.